The Bertz CT molecular complexity index is 624. The highest BCUT2D eigenvalue weighted by Crippen LogP contribution is 2.21. The van der Waals surface area contributed by atoms with E-state index in [1.165, 1.54) is 24.5 Å². The zero-order valence-corrected chi connectivity index (χ0v) is 11.6. The van der Waals surface area contributed by atoms with Crippen molar-refractivity contribution >= 4 is 27.5 Å². The molecule has 2 aromatic rings. The fourth-order valence-electron chi connectivity index (χ4n) is 1.62. The number of alkyl halides is 3. The van der Waals surface area contributed by atoms with Gasteiger partial charge in [0.05, 0.1) is 5.69 Å². The molecule has 1 amide bonds. The Balaban J connectivity index is 2.19. The number of pyridine rings is 1. The van der Waals surface area contributed by atoms with Gasteiger partial charge in [-0.3, -0.25) is 4.79 Å². The summed E-state index contributed by atoms with van der Waals surface area (Å²) in [6, 6.07) is 5.91. The highest BCUT2D eigenvalue weighted by molar-refractivity contribution is 9.10. The number of carbonyl (C=O) groups excluding carboxylic acids is 1. The van der Waals surface area contributed by atoms with Gasteiger partial charge in [0.15, 0.2) is 0 Å². The molecular formula is C12H9BrF3N3O. The van der Waals surface area contributed by atoms with E-state index in [4.69, 9.17) is 0 Å². The molecule has 0 unspecified atom stereocenters. The van der Waals surface area contributed by atoms with Crippen molar-refractivity contribution in [1.29, 1.82) is 0 Å². The minimum Gasteiger partial charge on any atom is -0.334 e. The molecule has 106 valence electrons. The second-order valence-corrected chi connectivity index (χ2v) is 4.68. The Kier molecular flexibility index (Phi) is 4.12. The highest BCUT2D eigenvalue weighted by atomic mass is 79.9. The SMILES string of the molecule is O=C(Nc1cccnc1Br)c1cccn1CC(F)(F)F. The number of hydrogen-bond donors (Lipinski definition) is 1. The molecule has 4 nitrogen and oxygen atoms in total. The van der Waals surface area contributed by atoms with Crippen LogP contribution in [-0.2, 0) is 6.54 Å². The monoisotopic (exact) mass is 347 g/mol. The van der Waals surface area contributed by atoms with Crippen molar-refractivity contribution < 1.29 is 18.0 Å². The number of nitrogens with zero attached hydrogens (tertiary/aromatic N) is 2. The molecule has 0 fully saturated rings. The second-order valence-electron chi connectivity index (χ2n) is 3.93. The number of rotatable bonds is 3. The summed E-state index contributed by atoms with van der Waals surface area (Å²) in [4.78, 5) is 15.9. The molecule has 2 rings (SSSR count). The first-order valence-electron chi connectivity index (χ1n) is 5.50. The summed E-state index contributed by atoms with van der Waals surface area (Å²) in [5, 5.41) is 2.50. The molecule has 0 spiro atoms. The first-order valence-corrected chi connectivity index (χ1v) is 6.30. The third kappa shape index (κ3) is 3.60. The topological polar surface area (TPSA) is 46.9 Å². The van der Waals surface area contributed by atoms with Gasteiger partial charge in [0.1, 0.15) is 16.8 Å². The summed E-state index contributed by atoms with van der Waals surface area (Å²) in [6.45, 7) is -1.21. The van der Waals surface area contributed by atoms with Crippen LogP contribution in [0.25, 0.3) is 0 Å². The lowest BCUT2D eigenvalue weighted by Gasteiger charge is -2.12. The van der Waals surface area contributed by atoms with Gasteiger partial charge in [0, 0.05) is 12.4 Å². The van der Waals surface area contributed by atoms with E-state index < -0.39 is 18.6 Å². The van der Waals surface area contributed by atoms with Gasteiger partial charge < -0.3 is 9.88 Å². The molecule has 2 heterocycles. The van der Waals surface area contributed by atoms with Crippen LogP contribution >= 0.6 is 15.9 Å². The number of hydrogen-bond acceptors (Lipinski definition) is 2. The summed E-state index contributed by atoms with van der Waals surface area (Å²) < 4.78 is 38.4. The van der Waals surface area contributed by atoms with E-state index in [2.05, 4.69) is 26.2 Å². The molecule has 0 radical (unpaired) electrons. The van der Waals surface area contributed by atoms with Gasteiger partial charge in [-0.25, -0.2) is 4.98 Å². The van der Waals surface area contributed by atoms with E-state index in [1.807, 2.05) is 0 Å². The van der Waals surface area contributed by atoms with Crippen molar-refractivity contribution in [2.75, 3.05) is 5.32 Å². The summed E-state index contributed by atoms with van der Waals surface area (Å²) in [6.07, 6.45) is -1.66. The van der Waals surface area contributed by atoms with E-state index in [1.54, 1.807) is 12.1 Å². The predicted octanol–water partition coefficient (Wildman–Crippen LogP) is 3.46. The van der Waals surface area contributed by atoms with Gasteiger partial charge in [0.25, 0.3) is 5.91 Å². The Labute approximate surface area is 120 Å². The lowest BCUT2D eigenvalue weighted by atomic mass is 10.3. The predicted molar refractivity (Wildman–Crippen MR) is 70.4 cm³/mol. The van der Waals surface area contributed by atoms with Crippen molar-refractivity contribution in [1.82, 2.24) is 9.55 Å². The molecule has 0 aliphatic carbocycles. The van der Waals surface area contributed by atoms with Crippen molar-refractivity contribution in [2.45, 2.75) is 12.7 Å². The molecule has 1 N–H and O–H groups in total. The van der Waals surface area contributed by atoms with Crippen LogP contribution in [0, 0.1) is 0 Å². The van der Waals surface area contributed by atoms with Gasteiger partial charge in [-0.2, -0.15) is 13.2 Å². The first kappa shape index (κ1) is 14.6. The highest BCUT2D eigenvalue weighted by Gasteiger charge is 2.29. The zero-order chi connectivity index (χ0) is 14.8. The first-order chi connectivity index (χ1) is 9.37. The van der Waals surface area contributed by atoms with Gasteiger partial charge in [-0.15, -0.1) is 0 Å². The minimum absolute atomic E-state index is 0.0712. The van der Waals surface area contributed by atoms with E-state index in [-0.39, 0.29) is 5.69 Å². The Morgan fingerprint density at radius 2 is 2.10 bits per heavy atom. The van der Waals surface area contributed by atoms with Crippen LogP contribution < -0.4 is 5.32 Å². The maximum Gasteiger partial charge on any atom is 0.406 e. The largest absolute Gasteiger partial charge is 0.406 e. The van der Waals surface area contributed by atoms with Crippen molar-refractivity contribution in [3.05, 3.63) is 47.0 Å². The third-order valence-corrected chi connectivity index (χ3v) is 3.05. The molecule has 20 heavy (non-hydrogen) atoms. The number of aromatic nitrogens is 2. The normalized spacial score (nSPS) is 11.4. The number of carbonyl (C=O) groups is 1. The zero-order valence-electron chi connectivity index (χ0n) is 9.99. The van der Waals surface area contributed by atoms with E-state index >= 15 is 0 Å². The minimum atomic E-state index is -4.39. The van der Waals surface area contributed by atoms with Crippen LogP contribution in [0.15, 0.2) is 41.3 Å². The maximum atomic E-state index is 12.4. The van der Waals surface area contributed by atoms with Crippen LogP contribution in [0.4, 0.5) is 18.9 Å². The number of amides is 1. The quantitative estimate of drug-likeness (QED) is 0.864. The van der Waals surface area contributed by atoms with Crippen LogP contribution in [0.1, 0.15) is 10.5 Å². The molecular weight excluding hydrogens is 339 g/mol. The van der Waals surface area contributed by atoms with Gasteiger partial charge in [0.2, 0.25) is 0 Å². The third-order valence-electron chi connectivity index (χ3n) is 2.42. The summed E-state index contributed by atoms with van der Waals surface area (Å²) in [7, 11) is 0. The Morgan fingerprint density at radius 1 is 1.35 bits per heavy atom. The molecule has 2 aromatic heterocycles. The molecule has 0 atom stereocenters. The second kappa shape index (κ2) is 5.66. The maximum absolute atomic E-state index is 12.4. The van der Waals surface area contributed by atoms with Crippen LogP contribution in [0.3, 0.4) is 0 Å². The number of nitrogens with one attached hydrogen (secondary N) is 1. The molecule has 0 bridgehead atoms. The smallest absolute Gasteiger partial charge is 0.334 e. The van der Waals surface area contributed by atoms with Crippen molar-refractivity contribution in [3.8, 4) is 0 Å². The Hall–Kier alpha value is -1.83. The fourth-order valence-corrected chi connectivity index (χ4v) is 1.97. The Morgan fingerprint density at radius 3 is 2.75 bits per heavy atom. The van der Waals surface area contributed by atoms with Gasteiger partial charge in [-0.1, -0.05) is 0 Å². The number of anilines is 1. The molecule has 0 aliphatic rings. The summed E-state index contributed by atoms with van der Waals surface area (Å²) in [5.74, 6) is -0.632. The molecule has 0 saturated carbocycles. The van der Waals surface area contributed by atoms with Crippen molar-refractivity contribution in [2.24, 2.45) is 0 Å². The van der Waals surface area contributed by atoms with E-state index in [0.29, 0.717) is 10.3 Å². The standard InChI is InChI=1S/C12H9BrF3N3O/c13-10-8(3-1-5-17-10)18-11(20)9-4-2-6-19(9)7-12(14,15)16/h1-6H,7H2,(H,18,20). The fraction of sp³-hybridized carbons (Fsp3) is 0.167. The lowest BCUT2D eigenvalue weighted by Crippen LogP contribution is -2.23. The molecule has 8 heteroatoms. The van der Waals surface area contributed by atoms with Crippen LogP contribution in [-0.4, -0.2) is 21.6 Å². The average molecular weight is 348 g/mol. The van der Waals surface area contributed by atoms with E-state index in [0.717, 1.165) is 4.57 Å². The summed E-state index contributed by atoms with van der Waals surface area (Å²) in [5.41, 5.74) is 0.315. The lowest BCUT2D eigenvalue weighted by molar-refractivity contribution is -0.140. The average Bonchev–Trinajstić information content (AvgIpc) is 2.77. The van der Waals surface area contributed by atoms with Crippen LogP contribution in [0.2, 0.25) is 0 Å². The van der Waals surface area contributed by atoms with Crippen molar-refractivity contribution in [3.63, 3.8) is 0 Å². The van der Waals surface area contributed by atoms with Crippen LogP contribution in [0.5, 0.6) is 0 Å². The summed E-state index contributed by atoms with van der Waals surface area (Å²) >= 11 is 3.14. The molecule has 0 aliphatic heterocycles. The molecule has 0 aromatic carbocycles. The molecule has 0 saturated heterocycles. The van der Waals surface area contributed by atoms with E-state index in [9.17, 15) is 18.0 Å². The van der Waals surface area contributed by atoms with Gasteiger partial charge >= 0.3 is 6.18 Å². The van der Waals surface area contributed by atoms with Gasteiger partial charge in [-0.05, 0) is 40.2 Å². The number of halogens is 4.